The molecule has 0 aliphatic heterocycles. The molecule has 0 aromatic carbocycles. The summed E-state index contributed by atoms with van der Waals surface area (Å²) in [5.74, 6) is 0.470. The first-order chi connectivity index (χ1) is 6.74. The molecule has 4 heteroatoms. The van der Waals surface area contributed by atoms with Crippen LogP contribution in [0.3, 0.4) is 0 Å². The van der Waals surface area contributed by atoms with Crippen molar-refractivity contribution in [1.29, 1.82) is 0 Å². The Morgan fingerprint density at radius 3 is 2.79 bits per heavy atom. The number of nitrogens with zero attached hydrogens (tertiary/aromatic N) is 1. The molecular formula is C10H19NO2S. The second kappa shape index (κ2) is 9.09. The maximum Gasteiger partial charge on any atom is 0.330 e. The lowest BCUT2D eigenvalue weighted by atomic mass is 10.5. The molecule has 0 heterocycles. The zero-order valence-electron chi connectivity index (χ0n) is 8.99. The summed E-state index contributed by atoms with van der Waals surface area (Å²) in [7, 11) is 0. The smallest absolute Gasteiger partial charge is 0.330 e. The van der Waals surface area contributed by atoms with Crippen molar-refractivity contribution in [3.05, 3.63) is 12.7 Å². The van der Waals surface area contributed by atoms with E-state index in [9.17, 15) is 4.79 Å². The van der Waals surface area contributed by atoms with E-state index in [4.69, 9.17) is 4.74 Å². The molecule has 0 aliphatic rings. The van der Waals surface area contributed by atoms with Crippen molar-refractivity contribution in [2.45, 2.75) is 20.3 Å². The molecule has 3 nitrogen and oxygen atoms in total. The van der Waals surface area contributed by atoms with Crippen LogP contribution in [0.15, 0.2) is 12.7 Å². The zero-order valence-corrected chi connectivity index (χ0v) is 9.81. The third-order valence-electron chi connectivity index (χ3n) is 1.59. The summed E-state index contributed by atoms with van der Waals surface area (Å²) in [5, 5.41) is 0. The van der Waals surface area contributed by atoms with Crippen molar-refractivity contribution >= 4 is 17.9 Å². The van der Waals surface area contributed by atoms with Crippen LogP contribution in [0.1, 0.15) is 20.3 Å². The normalized spacial score (nSPS) is 10.2. The fraction of sp³-hybridized carbons (Fsp3) is 0.700. The third kappa shape index (κ3) is 6.97. The van der Waals surface area contributed by atoms with Crippen LogP contribution in [0.2, 0.25) is 0 Å². The lowest BCUT2D eigenvalue weighted by Gasteiger charge is -2.17. The first kappa shape index (κ1) is 13.5. The fourth-order valence-corrected chi connectivity index (χ4v) is 1.84. The zero-order chi connectivity index (χ0) is 10.8. The van der Waals surface area contributed by atoms with Gasteiger partial charge in [-0.25, -0.2) is 4.79 Å². The molecule has 0 amide bonds. The van der Waals surface area contributed by atoms with Crippen LogP contribution in [-0.4, -0.2) is 35.7 Å². The van der Waals surface area contributed by atoms with Crippen molar-refractivity contribution in [2.75, 3.05) is 25.4 Å². The minimum atomic E-state index is -0.343. The summed E-state index contributed by atoms with van der Waals surface area (Å²) < 4.78 is 7.13. The minimum absolute atomic E-state index is 0.343. The predicted octanol–water partition coefficient (Wildman–Crippen LogP) is 2.10. The maximum atomic E-state index is 10.7. The maximum absolute atomic E-state index is 10.7. The molecular weight excluding hydrogens is 198 g/mol. The van der Waals surface area contributed by atoms with E-state index >= 15 is 0 Å². The molecule has 0 aromatic heterocycles. The van der Waals surface area contributed by atoms with Crippen LogP contribution in [0.25, 0.3) is 0 Å². The molecule has 14 heavy (non-hydrogen) atoms. The van der Waals surface area contributed by atoms with E-state index in [1.165, 1.54) is 6.08 Å². The van der Waals surface area contributed by atoms with Crippen molar-refractivity contribution in [1.82, 2.24) is 4.31 Å². The van der Waals surface area contributed by atoms with Gasteiger partial charge < -0.3 is 4.74 Å². The van der Waals surface area contributed by atoms with Gasteiger partial charge in [0.1, 0.15) is 6.61 Å². The highest BCUT2D eigenvalue weighted by Gasteiger charge is 2.01. The van der Waals surface area contributed by atoms with Gasteiger partial charge in [0, 0.05) is 24.9 Å². The summed E-state index contributed by atoms with van der Waals surface area (Å²) in [6.07, 6.45) is 2.33. The van der Waals surface area contributed by atoms with Gasteiger partial charge in [-0.05, 0) is 6.42 Å². The topological polar surface area (TPSA) is 29.5 Å². The van der Waals surface area contributed by atoms with Crippen molar-refractivity contribution < 1.29 is 9.53 Å². The molecule has 0 unspecified atom stereocenters. The van der Waals surface area contributed by atoms with E-state index in [-0.39, 0.29) is 5.97 Å². The molecule has 0 saturated carbocycles. The quantitative estimate of drug-likeness (QED) is 0.269. The van der Waals surface area contributed by atoms with Crippen LogP contribution >= 0.6 is 11.9 Å². The van der Waals surface area contributed by atoms with Crippen LogP contribution in [-0.2, 0) is 9.53 Å². The molecule has 0 bridgehead atoms. The number of hydrogen-bond acceptors (Lipinski definition) is 4. The van der Waals surface area contributed by atoms with Crippen molar-refractivity contribution in [3.63, 3.8) is 0 Å². The summed E-state index contributed by atoms with van der Waals surface area (Å²) in [6, 6.07) is 0. The number of esters is 1. The highest BCUT2D eigenvalue weighted by atomic mass is 32.2. The molecule has 0 fully saturated rings. The monoisotopic (exact) mass is 217 g/mol. The van der Waals surface area contributed by atoms with Gasteiger partial charge in [-0.15, -0.1) is 0 Å². The molecule has 0 radical (unpaired) electrons. The van der Waals surface area contributed by atoms with E-state index < -0.39 is 0 Å². The Morgan fingerprint density at radius 2 is 2.29 bits per heavy atom. The largest absolute Gasteiger partial charge is 0.462 e. The average molecular weight is 217 g/mol. The SMILES string of the molecule is C=CC(=O)OCCSN(CC)CCC. The average Bonchev–Trinajstić information content (AvgIpc) is 2.22. The highest BCUT2D eigenvalue weighted by molar-refractivity contribution is 7.97. The molecule has 0 atom stereocenters. The van der Waals surface area contributed by atoms with Gasteiger partial charge >= 0.3 is 5.97 Å². The summed E-state index contributed by atoms with van der Waals surface area (Å²) in [4.78, 5) is 10.7. The van der Waals surface area contributed by atoms with Crippen LogP contribution in [0, 0.1) is 0 Å². The van der Waals surface area contributed by atoms with Crippen LogP contribution in [0.4, 0.5) is 0 Å². The Labute approximate surface area is 90.6 Å². The highest BCUT2D eigenvalue weighted by Crippen LogP contribution is 2.09. The van der Waals surface area contributed by atoms with Gasteiger partial charge in [0.2, 0.25) is 0 Å². The van der Waals surface area contributed by atoms with Gasteiger partial charge in [-0.2, -0.15) is 0 Å². The molecule has 0 aromatic rings. The van der Waals surface area contributed by atoms with E-state index in [1.807, 2.05) is 0 Å². The summed E-state index contributed by atoms with van der Waals surface area (Å²) >= 11 is 1.72. The number of ether oxygens (including phenoxy) is 1. The Hall–Kier alpha value is -0.480. The van der Waals surface area contributed by atoms with Crippen LogP contribution < -0.4 is 0 Å². The Kier molecular flexibility index (Phi) is 8.78. The second-order valence-electron chi connectivity index (χ2n) is 2.73. The third-order valence-corrected chi connectivity index (χ3v) is 2.75. The van der Waals surface area contributed by atoms with E-state index in [1.54, 1.807) is 11.9 Å². The standard InChI is InChI=1S/C10H19NO2S/c1-4-7-11(6-3)14-9-8-13-10(12)5-2/h5H,2,4,6-9H2,1,3H3. The first-order valence-electron chi connectivity index (χ1n) is 4.91. The minimum Gasteiger partial charge on any atom is -0.462 e. The van der Waals surface area contributed by atoms with E-state index in [0.29, 0.717) is 6.61 Å². The second-order valence-corrected chi connectivity index (χ2v) is 3.91. The lowest BCUT2D eigenvalue weighted by molar-refractivity contribution is -0.137. The van der Waals surface area contributed by atoms with Gasteiger partial charge in [0.05, 0.1) is 0 Å². The van der Waals surface area contributed by atoms with Gasteiger partial charge in [0.25, 0.3) is 0 Å². The number of carbonyl (C=O) groups is 1. The Bertz CT molecular complexity index is 174. The summed E-state index contributed by atoms with van der Waals surface area (Å²) in [6.45, 7) is 10.2. The first-order valence-corrected chi connectivity index (χ1v) is 5.85. The molecule has 0 spiro atoms. The van der Waals surface area contributed by atoms with Crippen molar-refractivity contribution in [3.8, 4) is 0 Å². The van der Waals surface area contributed by atoms with Gasteiger partial charge in [-0.1, -0.05) is 32.4 Å². The Balaban J connectivity index is 3.41. The lowest BCUT2D eigenvalue weighted by Crippen LogP contribution is -2.18. The summed E-state index contributed by atoms with van der Waals surface area (Å²) in [5.41, 5.74) is 0. The van der Waals surface area contributed by atoms with Crippen LogP contribution in [0.5, 0.6) is 0 Å². The fourth-order valence-electron chi connectivity index (χ4n) is 0.931. The number of rotatable bonds is 8. The molecule has 82 valence electrons. The predicted molar refractivity (Wildman–Crippen MR) is 61.2 cm³/mol. The molecule has 0 rings (SSSR count). The Morgan fingerprint density at radius 1 is 1.57 bits per heavy atom. The molecule has 0 N–H and O–H groups in total. The molecule has 0 saturated heterocycles. The number of hydrogen-bond donors (Lipinski definition) is 0. The van der Waals surface area contributed by atoms with Gasteiger partial charge in [0.15, 0.2) is 0 Å². The van der Waals surface area contributed by atoms with E-state index in [0.717, 1.165) is 25.3 Å². The number of carbonyl (C=O) groups excluding carboxylic acids is 1. The molecule has 0 aliphatic carbocycles. The van der Waals surface area contributed by atoms with Crippen molar-refractivity contribution in [2.24, 2.45) is 0 Å². The van der Waals surface area contributed by atoms with E-state index in [2.05, 4.69) is 24.7 Å². The van der Waals surface area contributed by atoms with Gasteiger partial charge in [-0.3, -0.25) is 4.31 Å².